The van der Waals surface area contributed by atoms with E-state index in [0.717, 1.165) is 63.0 Å². The molecule has 10 nitrogen and oxygen atoms in total. The van der Waals surface area contributed by atoms with E-state index in [0.29, 0.717) is 59.5 Å². The molecule has 2 rings (SSSR count). The predicted octanol–water partition coefficient (Wildman–Crippen LogP) is 0.708. The van der Waals surface area contributed by atoms with Crippen molar-refractivity contribution in [1.29, 1.82) is 0 Å². The molecule has 0 aliphatic heterocycles. The SMILES string of the molecule is CC[N+](CC)(CC(=O)CCCCCCC(=O)C[N+](CC)(CC)Cc1ccccc1OC(=O)N(C)C)Cc1ccccc1OC(=O)N(C)C.[Br-].[Br-]. The maximum atomic E-state index is 13.2. The van der Waals surface area contributed by atoms with Crippen LogP contribution in [0.25, 0.3) is 0 Å². The summed E-state index contributed by atoms with van der Waals surface area (Å²) in [5.41, 5.74) is 1.83. The van der Waals surface area contributed by atoms with Crippen molar-refractivity contribution < 1.29 is 71.6 Å². The quantitative estimate of drug-likeness (QED) is 0.136. The van der Waals surface area contributed by atoms with Crippen LogP contribution < -0.4 is 43.4 Å². The first-order chi connectivity index (χ1) is 22.8. The molecule has 50 heavy (non-hydrogen) atoms. The van der Waals surface area contributed by atoms with E-state index >= 15 is 0 Å². The smallest absolute Gasteiger partial charge is 0.414 e. The number of benzene rings is 2. The van der Waals surface area contributed by atoms with Crippen molar-refractivity contribution in [1.82, 2.24) is 9.80 Å². The molecular formula is C38H60Br2N4O6. The number of likely N-dealkylation sites (N-methyl/N-ethyl adjacent to an activating group) is 2. The number of hydrogen-bond donors (Lipinski definition) is 0. The molecule has 0 saturated heterocycles. The van der Waals surface area contributed by atoms with Gasteiger partial charge in [0.05, 0.1) is 26.2 Å². The van der Waals surface area contributed by atoms with Crippen molar-refractivity contribution in [2.24, 2.45) is 0 Å². The lowest BCUT2D eigenvalue weighted by molar-refractivity contribution is -0.930. The lowest BCUT2D eigenvalue weighted by atomic mass is 10.0. The number of amides is 2. The Hall–Kier alpha value is -2.80. The van der Waals surface area contributed by atoms with Gasteiger partial charge in [0, 0.05) is 52.2 Å². The van der Waals surface area contributed by atoms with Crippen LogP contribution in [0.2, 0.25) is 0 Å². The standard InChI is InChI=1S/C38H60N4O6.2BrH/c1-9-41(10-2,27-31-21-17-19-25-35(31)47-37(45)39(5)6)29-33(43)23-15-13-14-16-24-34(44)30-42(11-3,12-4)28-32-22-18-20-26-36(32)48-38(46)40(7)8;;/h17-22,25-26H,9-16,23-24,27-30H2,1-8H3;2*1H/q+2;;/p-2. The van der Waals surface area contributed by atoms with Gasteiger partial charge < -0.3 is 62.2 Å². The van der Waals surface area contributed by atoms with E-state index in [9.17, 15) is 19.2 Å². The molecule has 0 bridgehead atoms. The molecule has 0 spiro atoms. The average Bonchev–Trinajstić information content (AvgIpc) is 3.07. The number of para-hydroxylation sites is 2. The maximum absolute atomic E-state index is 13.2. The van der Waals surface area contributed by atoms with E-state index in [1.165, 1.54) is 9.80 Å². The Morgan fingerprint density at radius 3 is 1.16 bits per heavy atom. The molecule has 0 unspecified atom stereocenters. The van der Waals surface area contributed by atoms with Gasteiger partial charge in [-0.2, -0.15) is 0 Å². The Morgan fingerprint density at radius 1 is 0.540 bits per heavy atom. The zero-order chi connectivity index (χ0) is 35.7. The number of halogens is 2. The normalized spacial score (nSPS) is 11.1. The summed E-state index contributed by atoms with van der Waals surface area (Å²) in [7, 11) is 6.61. The van der Waals surface area contributed by atoms with Gasteiger partial charge in [0.15, 0.2) is 11.6 Å². The minimum absolute atomic E-state index is 0. The van der Waals surface area contributed by atoms with Crippen molar-refractivity contribution in [3.05, 3.63) is 59.7 Å². The lowest BCUT2D eigenvalue weighted by Crippen LogP contribution is -3.00. The number of carbonyl (C=O) groups is 4. The molecule has 2 amide bonds. The number of hydrogen-bond acceptors (Lipinski definition) is 6. The average molecular weight is 829 g/mol. The van der Waals surface area contributed by atoms with Crippen molar-refractivity contribution in [3.8, 4) is 11.5 Å². The van der Waals surface area contributed by atoms with E-state index in [4.69, 9.17) is 9.47 Å². The fourth-order valence-corrected chi connectivity index (χ4v) is 5.92. The number of quaternary nitrogens is 2. The Morgan fingerprint density at radius 2 is 0.860 bits per heavy atom. The first-order valence-corrected chi connectivity index (χ1v) is 17.5. The Balaban J connectivity index is 0.0000120. The Labute approximate surface area is 321 Å². The molecule has 282 valence electrons. The van der Waals surface area contributed by atoms with Crippen LogP contribution in [0.5, 0.6) is 11.5 Å². The van der Waals surface area contributed by atoms with Gasteiger partial charge in [-0.25, -0.2) is 9.59 Å². The first-order valence-electron chi connectivity index (χ1n) is 17.5. The second-order valence-corrected chi connectivity index (χ2v) is 13.3. The summed E-state index contributed by atoms with van der Waals surface area (Å²) in [5.74, 6) is 1.54. The van der Waals surface area contributed by atoms with Crippen molar-refractivity contribution in [2.75, 3.05) is 67.5 Å². The van der Waals surface area contributed by atoms with Gasteiger partial charge in [-0.15, -0.1) is 0 Å². The highest BCUT2D eigenvalue weighted by atomic mass is 79.9. The van der Waals surface area contributed by atoms with E-state index in [1.54, 1.807) is 40.3 Å². The molecule has 2 aromatic rings. The lowest BCUT2D eigenvalue weighted by Gasteiger charge is -2.36. The van der Waals surface area contributed by atoms with Gasteiger partial charge in [-0.3, -0.25) is 9.59 Å². The van der Waals surface area contributed by atoms with Crippen LogP contribution in [-0.4, -0.2) is 110 Å². The summed E-state index contributed by atoms with van der Waals surface area (Å²) in [4.78, 5) is 53.5. The third-order valence-electron chi connectivity index (χ3n) is 9.45. The number of carbonyl (C=O) groups excluding carboxylic acids is 4. The van der Waals surface area contributed by atoms with Crippen LogP contribution in [-0.2, 0) is 22.7 Å². The second-order valence-electron chi connectivity index (χ2n) is 13.3. The van der Waals surface area contributed by atoms with Gasteiger partial charge in [0.1, 0.15) is 37.7 Å². The van der Waals surface area contributed by atoms with Crippen LogP contribution in [0.4, 0.5) is 9.59 Å². The number of ketones is 2. The van der Waals surface area contributed by atoms with Gasteiger partial charge in [0.2, 0.25) is 0 Å². The molecule has 2 aromatic carbocycles. The fraction of sp³-hybridized carbons (Fsp3) is 0.579. The monoisotopic (exact) mass is 826 g/mol. The molecule has 0 aromatic heterocycles. The molecule has 0 radical (unpaired) electrons. The van der Waals surface area contributed by atoms with E-state index in [-0.39, 0.29) is 45.5 Å². The van der Waals surface area contributed by atoms with Gasteiger partial charge in [-0.05, 0) is 64.8 Å². The highest BCUT2D eigenvalue weighted by molar-refractivity contribution is 5.80. The number of nitrogens with zero attached hydrogens (tertiary/aromatic N) is 4. The first kappa shape index (κ1) is 47.2. The number of ether oxygens (including phenoxy) is 2. The summed E-state index contributed by atoms with van der Waals surface area (Å²) >= 11 is 0. The highest BCUT2D eigenvalue weighted by Crippen LogP contribution is 2.26. The number of unbranched alkanes of at least 4 members (excludes halogenated alkanes) is 3. The predicted molar refractivity (Wildman–Crippen MR) is 190 cm³/mol. The fourth-order valence-electron chi connectivity index (χ4n) is 5.92. The summed E-state index contributed by atoms with van der Waals surface area (Å²) in [6, 6.07) is 15.1. The molecule has 0 N–H and O–H groups in total. The summed E-state index contributed by atoms with van der Waals surface area (Å²) in [6.45, 7) is 13.7. The van der Waals surface area contributed by atoms with Gasteiger partial charge >= 0.3 is 12.2 Å². The van der Waals surface area contributed by atoms with Gasteiger partial charge in [-0.1, -0.05) is 37.1 Å². The topological polar surface area (TPSA) is 93.2 Å². The molecule has 0 heterocycles. The summed E-state index contributed by atoms with van der Waals surface area (Å²) < 4.78 is 12.4. The minimum atomic E-state index is -0.425. The maximum Gasteiger partial charge on any atom is 0.414 e. The zero-order valence-corrected chi connectivity index (χ0v) is 34.7. The molecular weight excluding hydrogens is 768 g/mol. The molecule has 12 heteroatoms. The van der Waals surface area contributed by atoms with Crippen LogP contribution in [0.15, 0.2) is 48.5 Å². The highest BCUT2D eigenvalue weighted by Gasteiger charge is 2.30. The van der Waals surface area contributed by atoms with Crippen LogP contribution in [0, 0.1) is 0 Å². The summed E-state index contributed by atoms with van der Waals surface area (Å²) in [6.07, 6.45) is 3.63. The summed E-state index contributed by atoms with van der Waals surface area (Å²) in [5, 5.41) is 0. The largest absolute Gasteiger partial charge is 1.00 e. The molecule has 0 aliphatic carbocycles. The third kappa shape index (κ3) is 15.2. The Bertz CT molecular complexity index is 1240. The molecule has 0 fully saturated rings. The van der Waals surface area contributed by atoms with Crippen molar-refractivity contribution in [2.45, 2.75) is 79.3 Å². The Kier molecular flexibility index (Phi) is 22.3. The van der Waals surface area contributed by atoms with Crippen molar-refractivity contribution in [3.63, 3.8) is 0 Å². The van der Waals surface area contributed by atoms with E-state index < -0.39 is 12.2 Å². The van der Waals surface area contributed by atoms with Crippen molar-refractivity contribution >= 4 is 23.8 Å². The van der Waals surface area contributed by atoms with E-state index in [1.807, 2.05) is 36.4 Å². The van der Waals surface area contributed by atoms with Crippen LogP contribution in [0.3, 0.4) is 0 Å². The molecule has 0 saturated carbocycles. The minimum Gasteiger partial charge on any atom is -1.00 e. The number of rotatable bonds is 21. The number of Topliss-reactive ketones (excluding diaryl/α,β-unsaturated/α-hetero) is 2. The van der Waals surface area contributed by atoms with Gasteiger partial charge in [0.25, 0.3) is 0 Å². The zero-order valence-electron chi connectivity index (χ0n) is 31.5. The van der Waals surface area contributed by atoms with E-state index in [2.05, 4.69) is 27.7 Å². The second kappa shape index (κ2) is 23.6. The third-order valence-corrected chi connectivity index (χ3v) is 9.45. The molecule has 0 atom stereocenters. The molecule has 0 aliphatic rings. The van der Waals surface area contributed by atoms with Crippen LogP contribution >= 0.6 is 0 Å². The van der Waals surface area contributed by atoms with Crippen LogP contribution in [0.1, 0.15) is 77.3 Å².